The normalized spacial score (nSPS) is 11.8. The largest absolute Gasteiger partial charge is 0.483 e. The lowest BCUT2D eigenvalue weighted by molar-refractivity contribution is -0.143. The van der Waals surface area contributed by atoms with Gasteiger partial charge in [0.1, 0.15) is 17.6 Å². The number of amides is 2. The van der Waals surface area contributed by atoms with Crippen LogP contribution in [0.4, 0.5) is 4.39 Å². The van der Waals surface area contributed by atoms with E-state index in [-0.39, 0.29) is 30.8 Å². The Bertz CT molecular complexity index is 881. The van der Waals surface area contributed by atoms with E-state index in [4.69, 9.17) is 4.74 Å². The highest BCUT2D eigenvalue weighted by molar-refractivity contribution is 5.88. The van der Waals surface area contributed by atoms with Crippen LogP contribution < -0.4 is 10.1 Å². The predicted octanol–water partition coefficient (Wildman–Crippen LogP) is 4.40. The smallest absolute Gasteiger partial charge is 0.261 e. The van der Waals surface area contributed by atoms with E-state index in [1.807, 2.05) is 52.8 Å². The molecular formula is C25H33FN2O3. The van der Waals surface area contributed by atoms with E-state index in [2.05, 4.69) is 5.32 Å². The number of benzene rings is 2. The maximum atomic E-state index is 13.3. The molecule has 168 valence electrons. The molecule has 1 N–H and O–H groups in total. The summed E-state index contributed by atoms with van der Waals surface area (Å²) in [6.45, 7) is 10.3. The van der Waals surface area contributed by atoms with Crippen LogP contribution in [0.2, 0.25) is 0 Å². The molecule has 0 heterocycles. The fraction of sp³-hybridized carbons (Fsp3) is 0.440. The number of carbonyl (C=O) groups is 2. The number of nitrogens with one attached hydrogen (secondary N) is 1. The van der Waals surface area contributed by atoms with Gasteiger partial charge < -0.3 is 15.0 Å². The quantitative estimate of drug-likeness (QED) is 0.610. The summed E-state index contributed by atoms with van der Waals surface area (Å²) in [6.07, 6.45) is 0.459. The standard InChI is InChI=1S/C25H33FN2O3/c1-6-22(25(30)27-14-17(2)3)28(15-20-9-11-21(26)12-10-20)24(29)16-31-23-13-18(4)7-8-19(23)5/h7-13,17,22H,6,14-16H2,1-5H3,(H,27,30)/t22-/m1/s1. The molecule has 2 aromatic carbocycles. The zero-order valence-electron chi connectivity index (χ0n) is 19.1. The number of ether oxygens (including phenoxy) is 1. The average molecular weight is 429 g/mol. The van der Waals surface area contributed by atoms with Crippen LogP contribution in [0.3, 0.4) is 0 Å². The molecule has 0 aliphatic rings. The number of carbonyl (C=O) groups excluding carboxylic acids is 2. The van der Waals surface area contributed by atoms with Crippen LogP contribution in [-0.4, -0.2) is 35.9 Å². The first-order valence-corrected chi connectivity index (χ1v) is 10.7. The predicted molar refractivity (Wildman–Crippen MR) is 120 cm³/mol. The zero-order chi connectivity index (χ0) is 23.0. The van der Waals surface area contributed by atoms with E-state index in [0.717, 1.165) is 16.7 Å². The Morgan fingerprint density at radius 1 is 1.10 bits per heavy atom. The molecular weight excluding hydrogens is 395 g/mol. The van der Waals surface area contributed by atoms with Crippen molar-refractivity contribution >= 4 is 11.8 Å². The minimum Gasteiger partial charge on any atom is -0.483 e. The van der Waals surface area contributed by atoms with E-state index in [0.29, 0.717) is 24.6 Å². The molecule has 0 bridgehead atoms. The van der Waals surface area contributed by atoms with Gasteiger partial charge in [-0.2, -0.15) is 0 Å². The third-order valence-electron chi connectivity index (χ3n) is 5.03. The van der Waals surface area contributed by atoms with Gasteiger partial charge in [-0.3, -0.25) is 9.59 Å². The molecule has 0 saturated carbocycles. The van der Waals surface area contributed by atoms with Gasteiger partial charge in [-0.15, -0.1) is 0 Å². The summed E-state index contributed by atoms with van der Waals surface area (Å²) in [5, 5.41) is 2.92. The van der Waals surface area contributed by atoms with Crippen LogP contribution >= 0.6 is 0 Å². The van der Waals surface area contributed by atoms with Crippen LogP contribution in [0.5, 0.6) is 5.75 Å². The number of aryl methyl sites for hydroxylation is 2. The third kappa shape index (κ3) is 7.39. The van der Waals surface area contributed by atoms with Crippen molar-refractivity contribution in [1.82, 2.24) is 10.2 Å². The Balaban J connectivity index is 2.21. The minimum absolute atomic E-state index is 0.181. The summed E-state index contributed by atoms with van der Waals surface area (Å²) in [6, 6.07) is 11.1. The molecule has 5 nitrogen and oxygen atoms in total. The molecule has 2 amide bonds. The van der Waals surface area contributed by atoms with Crippen molar-refractivity contribution in [3.8, 4) is 5.75 Å². The summed E-state index contributed by atoms with van der Waals surface area (Å²) >= 11 is 0. The molecule has 0 aromatic heterocycles. The SMILES string of the molecule is CC[C@H](C(=O)NCC(C)C)N(Cc1ccc(F)cc1)C(=O)COc1cc(C)ccc1C. The summed E-state index contributed by atoms with van der Waals surface area (Å²) < 4.78 is 19.1. The summed E-state index contributed by atoms with van der Waals surface area (Å²) in [7, 11) is 0. The second-order valence-corrected chi connectivity index (χ2v) is 8.27. The molecule has 0 aliphatic carbocycles. The molecule has 2 rings (SSSR count). The molecule has 2 aromatic rings. The van der Waals surface area contributed by atoms with Crippen molar-refractivity contribution in [2.24, 2.45) is 5.92 Å². The van der Waals surface area contributed by atoms with Gasteiger partial charge in [0.25, 0.3) is 5.91 Å². The number of rotatable bonds is 10. The number of hydrogen-bond donors (Lipinski definition) is 1. The molecule has 1 atom stereocenters. The highest BCUT2D eigenvalue weighted by Gasteiger charge is 2.29. The molecule has 0 spiro atoms. The van der Waals surface area contributed by atoms with E-state index >= 15 is 0 Å². The first-order chi connectivity index (χ1) is 14.7. The van der Waals surface area contributed by atoms with Gasteiger partial charge >= 0.3 is 0 Å². The van der Waals surface area contributed by atoms with E-state index in [1.54, 1.807) is 12.1 Å². The van der Waals surface area contributed by atoms with Crippen molar-refractivity contribution in [1.29, 1.82) is 0 Å². The maximum Gasteiger partial charge on any atom is 0.261 e. The Morgan fingerprint density at radius 2 is 1.77 bits per heavy atom. The average Bonchev–Trinajstić information content (AvgIpc) is 2.73. The van der Waals surface area contributed by atoms with Crippen molar-refractivity contribution in [3.63, 3.8) is 0 Å². The number of halogens is 1. The molecule has 0 saturated heterocycles. The second kappa shape index (κ2) is 11.5. The Hall–Kier alpha value is -2.89. The Labute approximate surface area is 184 Å². The highest BCUT2D eigenvalue weighted by Crippen LogP contribution is 2.20. The van der Waals surface area contributed by atoms with Gasteiger partial charge in [0.2, 0.25) is 5.91 Å². The van der Waals surface area contributed by atoms with E-state index in [9.17, 15) is 14.0 Å². The van der Waals surface area contributed by atoms with Gasteiger partial charge in [0.15, 0.2) is 6.61 Å². The van der Waals surface area contributed by atoms with Gasteiger partial charge in [-0.25, -0.2) is 4.39 Å². The van der Waals surface area contributed by atoms with Crippen LogP contribution in [0.25, 0.3) is 0 Å². The monoisotopic (exact) mass is 428 g/mol. The Kier molecular flexibility index (Phi) is 9.03. The highest BCUT2D eigenvalue weighted by atomic mass is 19.1. The third-order valence-corrected chi connectivity index (χ3v) is 5.03. The van der Waals surface area contributed by atoms with E-state index in [1.165, 1.54) is 17.0 Å². The van der Waals surface area contributed by atoms with Crippen LogP contribution in [0, 0.1) is 25.6 Å². The van der Waals surface area contributed by atoms with Gasteiger partial charge in [0, 0.05) is 13.1 Å². The molecule has 0 unspecified atom stereocenters. The molecule has 0 radical (unpaired) electrons. The molecule has 0 aliphatic heterocycles. The van der Waals surface area contributed by atoms with Crippen LogP contribution in [-0.2, 0) is 16.1 Å². The maximum absolute atomic E-state index is 13.3. The lowest BCUT2D eigenvalue weighted by atomic mass is 10.1. The second-order valence-electron chi connectivity index (χ2n) is 8.27. The minimum atomic E-state index is -0.640. The summed E-state index contributed by atoms with van der Waals surface area (Å²) in [4.78, 5) is 27.5. The molecule has 31 heavy (non-hydrogen) atoms. The van der Waals surface area contributed by atoms with Crippen molar-refractivity contribution in [2.75, 3.05) is 13.2 Å². The van der Waals surface area contributed by atoms with Crippen molar-refractivity contribution in [3.05, 3.63) is 65.0 Å². The fourth-order valence-electron chi connectivity index (χ4n) is 3.21. The summed E-state index contributed by atoms with van der Waals surface area (Å²) in [5.41, 5.74) is 2.72. The van der Waals surface area contributed by atoms with Gasteiger partial charge in [-0.1, -0.05) is 45.0 Å². The summed E-state index contributed by atoms with van der Waals surface area (Å²) in [5.74, 6) is 0.111. The first-order valence-electron chi connectivity index (χ1n) is 10.7. The van der Waals surface area contributed by atoms with Crippen LogP contribution in [0.1, 0.15) is 43.9 Å². The topological polar surface area (TPSA) is 58.6 Å². The van der Waals surface area contributed by atoms with Gasteiger partial charge in [0.05, 0.1) is 0 Å². The number of hydrogen-bond acceptors (Lipinski definition) is 3. The number of nitrogens with zero attached hydrogens (tertiary/aromatic N) is 1. The van der Waals surface area contributed by atoms with Gasteiger partial charge in [-0.05, 0) is 61.1 Å². The lowest BCUT2D eigenvalue weighted by Crippen LogP contribution is -2.50. The zero-order valence-corrected chi connectivity index (χ0v) is 19.1. The van der Waals surface area contributed by atoms with Crippen LogP contribution in [0.15, 0.2) is 42.5 Å². The first kappa shape index (κ1) is 24.4. The lowest BCUT2D eigenvalue weighted by Gasteiger charge is -2.31. The van der Waals surface area contributed by atoms with Crippen molar-refractivity contribution < 1.29 is 18.7 Å². The fourth-order valence-corrected chi connectivity index (χ4v) is 3.21. The molecule has 0 fully saturated rings. The Morgan fingerprint density at radius 3 is 2.39 bits per heavy atom. The van der Waals surface area contributed by atoms with E-state index < -0.39 is 6.04 Å². The van der Waals surface area contributed by atoms with Crippen molar-refractivity contribution in [2.45, 2.75) is 53.6 Å². The molecule has 6 heteroatoms.